The molecular formula is C42H30BN3. The SMILES string of the molecule is C1=CC(N2c3cc4c(cc3B3c5ccccc5N(c5ccccc5)c5cccc2c53)c2ccccc2n4-c2ccccc2)=CCC1. The minimum absolute atomic E-state index is 0.102. The molecule has 0 fully saturated rings. The van der Waals surface area contributed by atoms with Crippen molar-refractivity contribution in [2.75, 3.05) is 9.80 Å². The molecule has 0 saturated carbocycles. The van der Waals surface area contributed by atoms with Crippen molar-refractivity contribution in [3.63, 3.8) is 0 Å². The molecule has 1 aromatic heterocycles. The van der Waals surface area contributed by atoms with Gasteiger partial charge in [-0.2, -0.15) is 0 Å². The van der Waals surface area contributed by atoms with Gasteiger partial charge in [-0.15, -0.1) is 0 Å². The van der Waals surface area contributed by atoms with E-state index in [9.17, 15) is 0 Å². The van der Waals surface area contributed by atoms with E-state index in [1.54, 1.807) is 0 Å². The van der Waals surface area contributed by atoms with Gasteiger partial charge in [0.15, 0.2) is 0 Å². The van der Waals surface area contributed by atoms with Gasteiger partial charge in [-0.25, -0.2) is 0 Å². The smallest absolute Gasteiger partial charge is 0.252 e. The fraction of sp³-hybridized carbons (Fsp3) is 0.0476. The lowest BCUT2D eigenvalue weighted by Crippen LogP contribution is -2.61. The van der Waals surface area contributed by atoms with Gasteiger partial charge in [-0.05, 0) is 89.9 Å². The van der Waals surface area contributed by atoms with E-state index in [1.165, 1.54) is 78.0 Å². The lowest BCUT2D eigenvalue weighted by Gasteiger charge is -2.44. The van der Waals surface area contributed by atoms with Crippen molar-refractivity contribution in [1.29, 1.82) is 0 Å². The van der Waals surface area contributed by atoms with Crippen LogP contribution < -0.4 is 26.2 Å². The number of nitrogens with zero attached hydrogens (tertiary/aromatic N) is 3. The van der Waals surface area contributed by atoms with E-state index >= 15 is 0 Å². The Hall–Kier alpha value is -5.74. The van der Waals surface area contributed by atoms with Crippen molar-refractivity contribution in [2.24, 2.45) is 0 Å². The summed E-state index contributed by atoms with van der Waals surface area (Å²) in [6, 6.07) is 51.3. The van der Waals surface area contributed by atoms with Gasteiger partial charge in [0.2, 0.25) is 0 Å². The van der Waals surface area contributed by atoms with Crippen molar-refractivity contribution in [2.45, 2.75) is 12.8 Å². The molecule has 0 unspecified atom stereocenters. The summed E-state index contributed by atoms with van der Waals surface area (Å²) < 4.78 is 2.44. The Morgan fingerprint density at radius 3 is 1.98 bits per heavy atom. The molecule has 10 rings (SSSR count). The summed E-state index contributed by atoms with van der Waals surface area (Å²) in [5.74, 6) is 0. The fourth-order valence-corrected chi connectivity index (χ4v) is 8.10. The molecule has 2 aliphatic heterocycles. The first-order valence-corrected chi connectivity index (χ1v) is 16.2. The van der Waals surface area contributed by atoms with E-state index in [4.69, 9.17) is 0 Å². The third-order valence-corrected chi connectivity index (χ3v) is 9.95. The van der Waals surface area contributed by atoms with E-state index in [-0.39, 0.29) is 6.71 Å². The number of aromatic nitrogens is 1. The van der Waals surface area contributed by atoms with Crippen LogP contribution in [0.5, 0.6) is 0 Å². The summed E-state index contributed by atoms with van der Waals surface area (Å²) in [7, 11) is 0. The number of hydrogen-bond acceptors (Lipinski definition) is 2. The molecule has 0 bridgehead atoms. The topological polar surface area (TPSA) is 11.4 Å². The molecule has 0 saturated heterocycles. The van der Waals surface area contributed by atoms with Crippen LogP contribution in [0.2, 0.25) is 0 Å². The van der Waals surface area contributed by atoms with Crippen molar-refractivity contribution < 1.29 is 0 Å². The molecule has 6 aromatic carbocycles. The minimum Gasteiger partial charge on any atom is -0.312 e. The van der Waals surface area contributed by atoms with E-state index in [1.807, 2.05) is 0 Å². The zero-order valence-corrected chi connectivity index (χ0v) is 25.3. The summed E-state index contributed by atoms with van der Waals surface area (Å²) in [6.07, 6.45) is 9.17. The largest absolute Gasteiger partial charge is 0.312 e. The van der Waals surface area contributed by atoms with Crippen molar-refractivity contribution in [3.05, 3.63) is 163 Å². The summed E-state index contributed by atoms with van der Waals surface area (Å²) >= 11 is 0. The number of para-hydroxylation sites is 4. The quantitative estimate of drug-likeness (QED) is 0.192. The maximum Gasteiger partial charge on any atom is 0.252 e. The lowest BCUT2D eigenvalue weighted by molar-refractivity contribution is 0.998. The van der Waals surface area contributed by atoms with Crippen LogP contribution in [-0.4, -0.2) is 11.3 Å². The van der Waals surface area contributed by atoms with Gasteiger partial charge >= 0.3 is 0 Å². The van der Waals surface area contributed by atoms with Gasteiger partial charge in [-0.1, -0.05) is 97.1 Å². The molecule has 0 atom stereocenters. The maximum absolute atomic E-state index is 2.53. The Labute approximate surface area is 269 Å². The monoisotopic (exact) mass is 587 g/mol. The molecule has 0 N–H and O–H groups in total. The molecule has 0 amide bonds. The Morgan fingerprint density at radius 1 is 0.478 bits per heavy atom. The molecule has 0 radical (unpaired) electrons. The maximum atomic E-state index is 2.53. The molecule has 46 heavy (non-hydrogen) atoms. The second-order valence-corrected chi connectivity index (χ2v) is 12.4. The molecule has 3 heterocycles. The standard InChI is InChI=1S/C42H30BN3/c1-4-15-29(16-5-1)44-36-23-12-10-21-32(36)33-27-35-41(28-40(33)44)46(31-19-8-3-9-20-31)39-26-14-25-38-42(39)43(35)34-22-11-13-24-37(34)45(38)30-17-6-2-7-18-30/h1-2,4-8,10-28H,3,9H2. The van der Waals surface area contributed by atoms with E-state index in [0.717, 1.165) is 12.8 Å². The lowest BCUT2D eigenvalue weighted by atomic mass is 9.33. The highest BCUT2D eigenvalue weighted by Crippen LogP contribution is 2.44. The Bertz CT molecular complexity index is 2390. The number of anilines is 5. The highest BCUT2D eigenvalue weighted by Gasteiger charge is 2.43. The Balaban J connectivity index is 1.34. The first-order valence-electron chi connectivity index (χ1n) is 16.2. The van der Waals surface area contributed by atoms with E-state index in [2.05, 4.69) is 172 Å². The molecule has 1 aliphatic carbocycles. The summed E-state index contributed by atoms with van der Waals surface area (Å²) in [6.45, 7) is 0.102. The Kier molecular flexibility index (Phi) is 5.50. The number of benzene rings is 6. The number of hydrogen-bond donors (Lipinski definition) is 0. The summed E-state index contributed by atoms with van der Waals surface area (Å²) in [5, 5.41) is 2.57. The molecular weight excluding hydrogens is 557 g/mol. The van der Waals surface area contributed by atoms with Gasteiger partial charge in [0, 0.05) is 50.6 Å². The predicted molar refractivity (Wildman–Crippen MR) is 195 cm³/mol. The number of fused-ring (bicyclic) bond motifs is 7. The van der Waals surface area contributed by atoms with Crippen LogP contribution in [0, 0.1) is 0 Å². The van der Waals surface area contributed by atoms with Crippen molar-refractivity contribution >= 4 is 73.3 Å². The van der Waals surface area contributed by atoms with Crippen LogP contribution in [0.1, 0.15) is 12.8 Å². The average molecular weight is 588 g/mol. The highest BCUT2D eigenvalue weighted by atomic mass is 15.2. The predicted octanol–water partition coefficient (Wildman–Crippen LogP) is 8.77. The molecule has 7 aromatic rings. The van der Waals surface area contributed by atoms with E-state index < -0.39 is 0 Å². The number of rotatable bonds is 3. The second kappa shape index (κ2) is 9.88. The third kappa shape index (κ3) is 3.55. The minimum atomic E-state index is 0.102. The van der Waals surface area contributed by atoms with Gasteiger partial charge in [0.05, 0.1) is 11.0 Å². The number of allylic oxidation sites excluding steroid dienone is 3. The summed E-state index contributed by atoms with van der Waals surface area (Å²) in [4.78, 5) is 4.99. The zero-order valence-electron chi connectivity index (χ0n) is 25.3. The molecule has 4 heteroatoms. The third-order valence-electron chi connectivity index (χ3n) is 9.95. The van der Waals surface area contributed by atoms with Crippen molar-refractivity contribution in [1.82, 2.24) is 4.57 Å². The average Bonchev–Trinajstić information content (AvgIpc) is 3.45. The molecule has 216 valence electrons. The first kappa shape index (κ1) is 25.6. The van der Waals surface area contributed by atoms with Gasteiger partial charge in [0.1, 0.15) is 0 Å². The highest BCUT2D eigenvalue weighted by molar-refractivity contribution is 7.00. The fourth-order valence-electron chi connectivity index (χ4n) is 8.10. The van der Waals surface area contributed by atoms with Gasteiger partial charge < -0.3 is 14.4 Å². The molecule has 3 nitrogen and oxygen atoms in total. The molecule has 0 spiro atoms. The molecule has 3 aliphatic rings. The van der Waals surface area contributed by atoms with E-state index in [0.29, 0.717) is 0 Å². The first-order chi connectivity index (χ1) is 22.9. The Morgan fingerprint density at radius 2 is 1.17 bits per heavy atom. The van der Waals surface area contributed by atoms with Crippen molar-refractivity contribution in [3.8, 4) is 5.69 Å². The van der Waals surface area contributed by atoms with Gasteiger partial charge in [-0.3, -0.25) is 0 Å². The normalized spacial score (nSPS) is 14.7. The van der Waals surface area contributed by atoms with Crippen LogP contribution in [-0.2, 0) is 0 Å². The second-order valence-electron chi connectivity index (χ2n) is 12.4. The van der Waals surface area contributed by atoms with Crippen LogP contribution in [0.15, 0.2) is 163 Å². The summed E-state index contributed by atoms with van der Waals surface area (Å²) in [5.41, 5.74) is 15.1. The van der Waals surface area contributed by atoms with Crippen LogP contribution in [0.4, 0.5) is 28.4 Å². The zero-order chi connectivity index (χ0) is 30.2. The van der Waals surface area contributed by atoms with Crippen LogP contribution in [0.25, 0.3) is 27.5 Å². The van der Waals surface area contributed by atoms with Crippen LogP contribution >= 0.6 is 0 Å². The van der Waals surface area contributed by atoms with Gasteiger partial charge in [0.25, 0.3) is 6.71 Å². The van der Waals surface area contributed by atoms with Crippen LogP contribution in [0.3, 0.4) is 0 Å².